The molecule has 1 atom stereocenters. The van der Waals surface area contributed by atoms with Crippen LogP contribution < -0.4 is 16.2 Å². The van der Waals surface area contributed by atoms with Crippen LogP contribution in [0.25, 0.3) is 0 Å². The summed E-state index contributed by atoms with van der Waals surface area (Å²) in [5, 5.41) is 2.60. The van der Waals surface area contributed by atoms with Crippen molar-refractivity contribution < 1.29 is 14.4 Å². The van der Waals surface area contributed by atoms with Gasteiger partial charge in [0.2, 0.25) is 5.91 Å². The van der Waals surface area contributed by atoms with Crippen LogP contribution in [-0.4, -0.2) is 23.0 Å². The van der Waals surface area contributed by atoms with Crippen LogP contribution in [0, 0.1) is 0 Å². The molecule has 0 unspecified atom stereocenters. The topological polar surface area (TPSA) is 87.3 Å². The number of nitrogens with one attached hydrogen (secondary N) is 3. The van der Waals surface area contributed by atoms with Gasteiger partial charge in [0, 0.05) is 16.0 Å². The fraction of sp³-hybridized carbons (Fsp3) is 0.118. The number of rotatable bonds is 2. The minimum atomic E-state index is -0.458. The molecule has 3 amide bonds. The number of benzene rings is 2. The Bertz CT molecular complexity index is 808. The van der Waals surface area contributed by atoms with Crippen LogP contribution in [0.5, 0.6) is 0 Å². The Hall–Kier alpha value is -2.80. The van der Waals surface area contributed by atoms with Crippen molar-refractivity contribution >= 4 is 35.2 Å². The lowest BCUT2D eigenvalue weighted by Crippen LogP contribution is -2.41. The van der Waals surface area contributed by atoms with Crippen LogP contribution in [0.1, 0.15) is 27.6 Å². The predicted molar refractivity (Wildman–Crippen MR) is 91.8 cm³/mol. The summed E-state index contributed by atoms with van der Waals surface area (Å²) in [5.41, 5.74) is 6.12. The highest BCUT2D eigenvalue weighted by molar-refractivity contribution is 8.00. The molecular weight excluding hydrogens is 326 g/mol. The maximum atomic E-state index is 12.2. The zero-order chi connectivity index (χ0) is 17.1. The molecule has 24 heavy (non-hydrogen) atoms. The summed E-state index contributed by atoms with van der Waals surface area (Å²) in [5.74, 6) is -0.956. The van der Waals surface area contributed by atoms with Crippen LogP contribution in [0.15, 0.2) is 53.4 Å². The molecule has 0 fully saturated rings. The van der Waals surface area contributed by atoms with Gasteiger partial charge in [0.15, 0.2) is 0 Å². The molecule has 1 aliphatic heterocycles. The molecule has 0 saturated carbocycles. The van der Waals surface area contributed by atoms with E-state index in [-0.39, 0.29) is 11.2 Å². The lowest BCUT2D eigenvalue weighted by molar-refractivity contribution is -0.115. The summed E-state index contributed by atoms with van der Waals surface area (Å²) in [6, 6.07) is 13.6. The Labute approximate surface area is 143 Å². The summed E-state index contributed by atoms with van der Waals surface area (Å²) in [6.45, 7) is 1.82. The van der Waals surface area contributed by atoms with Crippen LogP contribution in [0.2, 0.25) is 0 Å². The number of carbonyl (C=O) groups is 3. The molecule has 0 bridgehead atoms. The van der Waals surface area contributed by atoms with Crippen molar-refractivity contribution in [1.29, 1.82) is 0 Å². The normalized spacial score (nSPS) is 15.9. The molecule has 2 aromatic rings. The molecule has 6 nitrogen and oxygen atoms in total. The standard InChI is InChI=1S/C17H15N3O3S/c1-10-15(21)18-13-9-12(7-8-14(13)24-10)17(23)20-19-16(22)11-5-3-2-4-6-11/h2-10H,1H3,(H,18,21)(H,19,22)(H,20,23)/t10-/m1/s1. The van der Waals surface area contributed by atoms with Crippen molar-refractivity contribution in [2.24, 2.45) is 0 Å². The van der Waals surface area contributed by atoms with Crippen molar-refractivity contribution in [3.63, 3.8) is 0 Å². The van der Waals surface area contributed by atoms with Crippen LogP contribution in [0.4, 0.5) is 5.69 Å². The van der Waals surface area contributed by atoms with E-state index in [0.29, 0.717) is 16.8 Å². The lowest BCUT2D eigenvalue weighted by atomic mass is 10.2. The molecule has 1 heterocycles. The molecule has 0 spiro atoms. The molecule has 0 aliphatic carbocycles. The summed E-state index contributed by atoms with van der Waals surface area (Å²) in [4.78, 5) is 36.7. The zero-order valence-corrected chi connectivity index (χ0v) is 13.6. The maximum Gasteiger partial charge on any atom is 0.269 e. The molecule has 0 radical (unpaired) electrons. The van der Waals surface area contributed by atoms with Gasteiger partial charge in [0.05, 0.1) is 10.9 Å². The van der Waals surface area contributed by atoms with E-state index in [9.17, 15) is 14.4 Å². The van der Waals surface area contributed by atoms with Crippen LogP contribution in [-0.2, 0) is 4.79 Å². The number of anilines is 1. The van der Waals surface area contributed by atoms with Gasteiger partial charge in [-0.2, -0.15) is 0 Å². The summed E-state index contributed by atoms with van der Waals surface area (Å²) in [7, 11) is 0. The molecule has 3 rings (SSSR count). The molecule has 0 saturated heterocycles. The van der Waals surface area contributed by atoms with E-state index in [4.69, 9.17) is 0 Å². The molecule has 7 heteroatoms. The number of carbonyl (C=O) groups excluding carboxylic acids is 3. The Kier molecular flexibility index (Phi) is 4.52. The highest BCUT2D eigenvalue weighted by Crippen LogP contribution is 2.35. The van der Waals surface area contributed by atoms with Gasteiger partial charge in [-0.3, -0.25) is 25.2 Å². The number of hydrazine groups is 1. The van der Waals surface area contributed by atoms with Crippen molar-refractivity contribution in [3.8, 4) is 0 Å². The van der Waals surface area contributed by atoms with E-state index in [2.05, 4.69) is 16.2 Å². The average molecular weight is 341 g/mol. The van der Waals surface area contributed by atoms with Crippen molar-refractivity contribution in [1.82, 2.24) is 10.9 Å². The highest BCUT2D eigenvalue weighted by Gasteiger charge is 2.23. The van der Waals surface area contributed by atoms with Crippen molar-refractivity contribution in [2.75, 3.05) is 5.32 Å². The van der Waals surface area contributed by atoms with Crippen LogP contribution in [0.3, 0.4) is 0 Å². The number of thioether (sulfide) groups is 1. The van der Waals surface area contributed by atoms with Gasteiger partial charge in [0.1, 0.15) is 0 Å². The third-order valence-corrected chi connectivity index (χ3v) is 4.68. The molecular formula is C17H15N3O3S. The Morgan fingerprint density at radius 3 is 2.38 bits per heavy atom. The lowest BCUT2D eigenvalue weighted by Gasteiger charge is -2.21. The minimum absolute atomic E-state index is 0.0950. The maximum absolute atomic E-state index is 12.2. The fourth-order valence-electron chi connectivity index (χ4n) is 2.20. The third-order valence-electron chi connectivity index (χ3n) is 3.50. The third kappa shape index (κ3) is 3.41. The van der Waals surface area contributed by atoms with E-state index in [1.807, 2.05) is 6.92 Å². The Morgan fingerprint density at radius 2 is 1.67 bits per heavy atom. The van der Waals surface area contributed by atoms with Gasteiger partial charge in [-0.05, 0) is 37.3 Å². The molecule has 122 valence electrons. The van der Waals surface area contributed by atoms with Gasteiger partial charge in [-0.1, -0.05) is 18.2 Å². The summed E-state index contributed by atoms with van der Waals surface area (Å²) >= 11 is 1.44. The predicted octanol–water partition coefficient (Wildman–Crippen LogP) is 2.19. The van der Waals surface area contributed by atoms with Gasteiger partial charge in [-0.15, -0.1) is 11.8 Å². The van der Waals surface area contributed by atoms with Crippen LogP contribution >= 0.6 is 11.8 Å². The first-order valence-corrected chi connectivity index (χ1v) is 8.20. The Morgan fingerprint density at radius 1 is 1.00 bits per heavy atom. The van der Waals surface area contributed by atoms with Gasteiger partial charge in [-0.25, -0.2) is 0 Å². The minimum Gasteiger partial charge on any atom is -0.324 e. The largest absolute Gasteiger partial charge is 0.324 e. The van der Waals surface area contributed by atoms with E-state index >= 15 is 0 Å². The van der Waals surface area contributed by atoms with Gasteiger partial charge >= 0.3 is 0 Å². The molecule has 3 N–H and O–H groups in total. The second-order valence-corrected chi connectivity index (χ2v) is 6.62. The monoisotopic (exact) mass is 341 g/mol. The van der Waals surface area contributed by atoms with E-state index in [0.717, 1.165) is 4.90 Å². The first-order valence-electron chi connectivity index (χ1n) is 7.32. The first-order chi connectivity index (χ1) is 11.5. The van der Waals surface area contributed by atoms with Crippen molar-refractivity contribution in [3.05, 3.63) is 59.7 Å². The Balaban J connectivity index is 1.67. The van der Waals surface area contributed by atoms with E-state index in [1.165, 1.54) is 11.8 Å². The fourth-order valence-corrected chi connectivity index (χ4v) is 3.13. The number of fused-ring (bicyclic) bond motifs is 1. The molecule has 1 aliphatic rings. The van der Waals surface area contributed by atoms with E-state index in [1.54, 1.807) is 48.5 Å². The van der Waals surface area contributed by atoms with Gasteiger partial charge in [0.25, 0.3) is 11.8 Å². The SMILES string of the molecule is C[C@H]1Sc2ccc(C(=O)NNC(=O)c3ccccc3)cc2NC1=O. The smallest absolute Gasteiger partial charge is 0.269 e. The second-order valence-electron chi connectivity index (χ2n) is 5.23. The zero-order valence-electron chi connectivity index (χ0n) is 12.8. The molecule has 2 aromatic carbocycles. The molecule has 0 aromatic heterocycles. The highest BCUT2D eigenvalue weighted by atomic mass is 32.2. The quantitative estimate of drug-likeness (QED) is 0.731. The average Bonchev–Trinajstić information content (AvgIpc) is 2.60. The summed E-state index contributed by atoms with van der Waals surface area (Å²) in [6.07, 6.45) is 0. The van der Waals surface area contributed by atoms with Crippen molar-refractivity contribution in [2.45, 2.75) is 17.1 Å². The number of hydrogen-bond acceptors (Lipinski definition) is 4. The summed E-state index contributed by atoms with van der Waals surface area (Å²) < 4.78 is 0. The second kappa shape index (κ2) is 6.76. The number of hydrogen-bond donors (Lipinski definition) is 3. The van der Waals surface area contributed by atoms with E-state index < -0.39 is 11.8 Å². The first kappa shape index (κ1) is 16.1. The van der Waals surface area contributed by atoms with Gasteiger partial charge < -0.3 is 5.32 Å². The number of amides is 3.